The van der Waals surface area contributed by atoms with Crippen molar-refractivity contribution in [1.82, 2.24) is 45.7 Å². The summed E-state index contributed by atoms with van der Waals surface area (Å²) in [4.78, 5) is 76.0. The summed E-state index contributed by atoms with van der Waals surface area (Å²) in [6.45, 7) is 27.5. The highest BCUT2D eigenvalue weighted by atomic mass is 79.9. The Bertz CT molecular complexity index is 3560. The molecule has 9 rings (SSSR count). The van der Waals surface area contributed by atoms with Crippen molar-refractivity contribution in [1.29, 1.82) is 0 Å². The fourth-order valence-electron chi connectivity index (χ4n) is 13.0. The average Bonchev–Trinajstić information content (AvgIpc) is 1.44. The van der Waals surface area contributed by atoms with Crippen molar-refractivity contribution in [3.05, 3.63) is 166 Å². The molecule has 498 valence electrons. The normalized spacial score (nSPS) is 18.4. The minimum absolute atomic E-state index is 0.148. The first kappa shape index (κ1) is 72.9. The second kappa shape index (κ2) is 32.6. The quantitative estimate of drug-likeness (QED) is 0.0452. The average molecular weight is 1330 g/mol. The lowest BCUT2D eigenvalue weighted by Gasteiger charge is -2.40. The number of nitrogens with one attached hydrogen (secondary N) is 5. The van der Waals surface area contributed by atoms with Crippen molar-refractivity contribution < 1.29 is 23.6 Å². The highest BCUT2D eigenvalue weighted by molar-refractivity contribution is 9.10. The first-order valence-electron chi connectivity index (χ1n) is 32.8. The number of aryl methyl sites for hydroxylation is 4. The van der Waals surface area contributed by atoms with Gasteiger partial charge in [-0.05, 0) is 246 Å². The van der Waals surface area contributed by atoms with Gasteiger partial charge in [-0.25, -0.2) is 0 Å². The van der Waals surface area contributed by atoms with E-state index < -0.39 is 0 Å². The molecule has 1 saturated heterocycles. The van der Waals surface area contributed by atoms with Crippen LogP contribution in [-0.2, 0) is 40.3 Å². The predicted octanol–water partition coefficient (Wildman–Crippen LogP) is 10.9. The summed E-state index contributed by atoms with van der Waals surface area (Å²) < 4.78 is 18.1. The molecule has 0 spiro atoms. The fraction of sp³-hybridized carbons (Fsp3) is 0.528. The molecule has 0 atom stereocenters. The van der Waals surface area contributed by atoms with Gasteiger partial charge in [0.15, 0.2) is 0 Å². The minimum atomic E-state index is -0.328. The van der Waals surface area contributed by atoms with Crippen molar-refractivity contribution in [3.63, 3.8) is 0 Å². The second-order valence-corrected chi connectivity index (χ2v) is 27.5. The van der Waals surface area contributed by atoms with Crippen LogP contribution in [0.4, 0.5) is 11.4 Å². The van der Waals surface area contributed by atoms with Gasteiger partial charge in [-0.3, -0.25) is 29.1 Å². The molecule has 18 nitrogen and oxygen atoms in total. The summed E-state index contributed by atoms with van der Waals surface area (Å²) in [5, 5.41) is 9.07. The maximum absolute atomic E-state index is 13.7. The van der Waals surface area contributed by atoms with Crippen molar-refractivity contribution in [2.24, 2.45) is 0 Å². The second-order valence-electron chi connectivity index (χ2n) is 26.6. The van der Waals surface area contributed by atoms with E-state index in [4.69, 9.17) is 14.0 Å². The highest BCUT2D eigenvalue weighted by Crippen LogP contribution is 2.39. The molecular formula is C72H103BBrN11O7. The summed E-state index contributed by atoms with van der Waals surface area (Å²) in [7, 11) is 11.9. The van der Waals surface area contributed by atoms with Crippen LogP contribution in [0.1, 0.15) is 170 Å². The van der Waals surface area contributed by atoms with Gasteiger partial charge in [0.1, 0.15) is 0 Å². The molecule has 4 aromatic heterocycles. The minimum Gasteiger partial charge on any atom is -0.399 e. The van der Waals surface area contributed by atoms with Crippen LogP contribution in [0.2, 0.25) is 0 Å². The number of H-pyrrole nitrogens is 2. The molecule has 20 heteroatoms. The Labute approximate surface area is 556 Å². The molecule has 0 bridgehead atoms. The molecule has 2 saturated carbocycles. The number of hydrogen-bond donors (Lipinski definition) is 5. The van der Waals surface area contributed by atoms with Crippen molar-refractivity contribution >= 4 is 51.7 Å². The number of methoxy groups -OCH3 is 1. The van der Waals surface area contributed by atoms with E-state index in [9.17, 15) is 19.2 Å². The first-order valence-corrected chi connectivity index (χ1v) is 33.5. The molecule has 5 heterocycles. The van der Waals surface area contributed by atoms with Crippen LogP contribution in [0.3, 0.4) is 0 Å². The maximum Gasteiger partial charge on any atom is 0.496 e. The van der Waals surface area contributed by atoms with Crippen LogP contribution >= 0.6 is 15.9 Å². The van der Waals surface area contributed by atoms with Gasteiger partial charge in [-0.1, -0.05) is 28.1 Å². The van der Waals surface area contributed by atoms with E-state index in [2.05, 4.69) is 153 Å². The van der Waals surface area contributed by atoms with Crippen molar-refractivity contribution in [2.75, 3.05) is 65.2 Å². The zero-order valence-electron chi connectivity index (χ0n) is 58.1. The zero-order valence-corrected chi connectivity index (χ0v) is 59.7. The summed E-state index contributed by atoms with van der Waals surface area (Å²) in [6.07, 6.45) is 12.9. The third kappa shape index (κ3) is 18.2. The largest absolute Gasteiger partial charge is 0.496 e. The Morgan fingerprint density at radius 2 is 1.05 bits per heavy atom. The Morgan fingerprint density at radius 1 is 0.609 bits per heavy atom. The van der Waals surface area contributed by atoms with Crippen LogP contribution in [0, 0.1) is 41.5 Å². The smallest absolute Gasteiger partial charge is 0.399 e. The molecule has 2 aromatic carbocycles. The van der Waals surface area contributed by atoms with Crippen LogP contribution in [0.15, 0.2) is 87.1 Å². The summed E-state index contributed by atoms with van der Waals surface area (Å²) in [6, 6.07) is 22.2. The number of hydrogen-bond acceptors (Lipinski definition) is 14. The lowest BCUT2D eigenvalue weighted by Crippen LogP contribution is -2.42. The van der Waals surface area contributed by atoms with E-state index >= 15 is 0 Å². The van der Waals surface area contributed by atoms with Gasteiger partial charge < -0.3 is 59.6 Å². The number of nitrogens with zero attached hydrogens (tertiary/aromatic N) is 6. The molecule has 0 unspecified atom stereocenters. The highest BCUT2D eigenvalue weighted by Gasteiger charge is 2.52. The van der Waals surface area contributed by atoms with Gasteiger partial charge in [-0.2, -0.15) is 0 Å². The molecule has 2 amide bonds. The van der Waals surface area contributed by atoms with Gasteiger partial charge in [-0.15, -0.1) is 0 Å². The van der Waals surface area contributed by atoms with Crippen molar-refractivity contribution in [3.8, 4) is 11.1 Å². The van der Waals surface area contributed by atoms with E-state index in [-0.39, 0.29) is 54.3 Å². The maximum atomic E-state index is 13.7. The monoisotopic (exact) mass is 1320 g/mol. The van der Waals surface area contributed by atoms with Crippen molar-refractivity contribution in [2.45, 2.75) is 196 Å². The Morgan fingerprint density at radius 3 is 1.46 bits per heavy atom. The number of pyridine rings is 4. The number of benzene rings is 2. The number of aromatic amines is 2. The summed E-state index contributed by atoms with van der Waals surface area (Å²) >= 11 is 3.62. The predicted molar refractivity (Wildman–Crippen MR) is 378 cm³/mol. The van der Waals surface area contributed by atoms with Gasteiger partial charge in [0, 0.05) is 137 Å². The molecule has 92 heavy (non-hydrogen) atoms. The third-order valence-electron chi connectivity index (χ3n) is 19.2. The molecule has 3 aliphatic rings. The molecule has 6 aromatic rings. The summed E-state index contributed by atoms with van der Waals surface area (Å²) in [5.41, 5.74) is 13.7. The number of rotatable bonds is 20. The fourth-order valence-corrected chi connectivity index (χ4v) is 13.5. The van der Waals surface area contributed by atoms with Gasteiger partial charge in [0.25, 0.3) is 22.9 Å². The lowest BCUT2D eigenvalue weighted by atomic mass is 9.80. The van der Waals surface area contributed by atoms with E-state index in [0.29, 0.717) is 53.0 Å². The first-order chi connectivity index (χ1) is 43.6. The number of ether oxygens (including phenoxy) is 1. The van der Waals surface area contributed by atoms with Crippen LogP contribution in [0.25, 0.3) is 11.1 Å². The topological polar surface area (TPSA) is 202 Å². The number of amides is 2. The lowest BCUT2D eigenvalue weighted by molar-refractivity contribution is 0.00578. The van der Waals surface area contributed by atoms with E-state index in [1.807, 2.05) is 110 Å². The zero-order chi connectivity index (χ0) is 67.4. The van der Waals surface area contributed by atoms with E-state index in [1.165, 1.54) is 12.8 Å². The Hall–Kier alpha value is -6.52. The number of carbonyl (C=O) groups excluding carboxylic acids is 2. The Balaban J connectivity index is 0.000000210. The van der Waals surface area contributed by atoms with E-state index in [0.717, 1.165) is 136 Å². The Kier molecular flexibility index (Phi) is 25.8. The van der Waals surface area contributed by atoms with Gasteiger partial charge >= 0.3 is 7.12 Å². The van der Waals surface area contributed by atoms with E-state index in [1.54, 1.807) is 7.11 Å². The molecule has 3 fully saturated rings. The standard InChI is InChI=1S/C33H45N5O3.C26H37BrN4O2.C13H21BN2O2/c1-8-38(28-13-11-27(12-14-28)37(5)6)31-17-25(24-9-10-26(20-41-7)34-18-24)16-29(23(31)4)32(39)35-19-30-21(2)15-22(3)36-33(30)40;1-7-31(21-10-8-20(9-11-21)30(5)6)24-14-19(27)13-22(18(24)4)25(32)28-15-23-16(2)12-17(3)29-26(23)33;1-12(2)13(3,4)18-14(17-12)10-6-7-11(9-15-5)16-8-10/h9-10,15-18,27-28H,8,11-14,19-20H2,1-7H3,(H,35,39)(H,36,40);12-14,20-21H,7-11,15H2,1-6H3,(H,28,32)(H,29,33);6-8,15H,9H2,1-5H3. The van der Waals surface area contributed by atoms with Gasteiger partial charge in [0.05, 0.1) is 29.2 Å². The molecule has 2 aliphatic carbocycles. The molecular weight excluding hydrogens is 1220 g/mol. The SMILES string of the molecule is CCN(c1cc(-c2ccc(COC)nc2)cc(C(=O)NCc2c(C)cc(C)[nH]c2=O)c1C)C1CCC(N(C)C)CC1.CCN(c1cc(Br)cc(C(=O)NCc2c(C)cc(C)[nH]c2=O)c1C)C1CCC(N(C)C)CC1.CNCc1ccc(B2OC(C)(C)C(C)(C)O2)cn1. The summed E-state index contributed by atoms with van der Waals surface area (Å²) in [5.74, 6) is -0.358. The molecule has 5 N–H and O–H groups in total. The number of halogens is 1. The van der Waals surface area contributed by atoms with Crippen LogP contribution in [0.5, 0.6) is 0 Å². The molecule has 0 radical (unpaired) electrons. The number of aromatic nitrogens is 4. The third-order valence-corrected chi connectivity index (χ3v) is 19.7. The van der Waals surface area contributed by atoms with Gasteiger partial charge in [0.2, 0.25) is 0 Å². The number of anilines is 2. The van der Waals surface area contributed by atoms with Crippen LogP contribution in [-0.4, -0.2) is 139 Å². The molecule has 1 aliphatic heterocycles. The number of carbonyl (C=O) groups is 2. The van der Waals surface area contributed by atoms with Crippen LogP contribution < -0.4 is 42.3 Å².